The van der Waals surface area contributed by atoms with Gasteiger partial charge in [0, 0.05) is 17.1 Å². The lowest BCUT2D eigenvalue weighted by Crippen LogP contribution is -2.05. The van der Waals surface area contributed by atoms with Crippen molar-refractivity contribution in [2.45, 2.75) is 17.3 Å². The number of benzene rings is 2. The van der Waals surface area contributed by atoms with Crippen molar-refractivity contribution in [3.8, 4) is 5.75 Å². The lowest BCUT2D eigenvalue weighted by molar-refractivity contribution is 0.0699. The van der Waals surface area contributed by atoms with E-state index in [0.717, 1.165) is 0 Å². The van der Waals surface area contributed by atoms with Gasteiger partial charge in [-0.2, -0.15) is 0 Å². The molecule has 4 rings (SSSR count). The van der Waals surface area contributed by atoms with Crippen molar-refractivity contribution < 1.29 is 23.1 Å². The second-order valence-corrected chi connectivity index (χ2v) is 9.70. The molecule has 0 bridgehead atoms. The summed E-state index contributed by atoms with van der Waals surface area (Å²) in [7, 11) is -3.54. The minimum Gasteiger partial charge on any atom is -0.489 e. The molecule has 9 heteroatoms. The highest BCUT2D eigenvalue weighted by Gasteiger charge is 2.18. The first-order valence-corrected chi connectivity index (χ1v) is 11.8. The van der Waals surface area contributed by atoms with E-state index in [-0.39, 0.29) is 28.6 Å². The SMILES string of the molecule is Nc1ncc(C(=O)O)c2scc(COc3cccc(S(=O)(=O)Cc4ccccc4)c3)c12. The van der Waals surface area contributed by atoms with E-state index in [2.05, 4.69) is 4.98 Å². The topological polar surface area (TPSA) is 120 Å². The third-order valence-corrected chi connectivity index (χ3v) is 7.44. The summed E-state index contributed by atoms with van der Waals surface area (Å²) in [5.74, 6) is -0.580. The van der Waals surface area contributed by atoms with Gasteiger partial charge in [0.15, 0.2) is 9.84 Å². The van der Waals surface area contributed by atoms with Gasteiger partial charge in [0.2, 0.25) is 0 Å². The van der Waals surface area contributed by atoms with Crippen LogP contribution < -0.4 is 10.5 Å². The fourth-order valence-corrected chi connectivity index (χ4v) is 5.63. The van der Waals surface area contributed by atoms with Crippen LogP contribution in [0.5, 0.6) is 5.75 Å². The molecule has 0 amide bonds. The zero-order valence-corrected chi connectivity index (χ0v) is 17.8. The highest BCUT2D eigenvalue weighted by Crippen LogP contribution is 2.33. The van der Waals surface area contributed by atoms with Gasteiger partial charge in [-0.25, -0.2) is 18.2 Å². The fraction of sp³-hybridized carbons (Fsp3) is 0.0909. The number of pyridine rings is 1. The molecule has 0 radical (unpaired) electrons. The molecule has 7 nitrogen and oxygen atoms in total. The Morgan fingerprint density at radius 1 is 1.13 bits per heavy atom. The molecule has 0 saturated heterocycles. The molecule has 0 aliphatic heterocycles. The number of nitrogens with zero attached hydrogens (tertiary/aromatic N) is 1. The third kappa shape index (κ3) is 4.37. The van der Waals surface area contributed by atoms with Gasteiger partial charge >= 0.3 is 5.97 Å². The molecule has 0 fully saturated rings. The number of carboxylic acid groups (broad SMARTS) is 1. The fourth-order valence-electron chi connectivity index (χ4n) is 3.18. The van der Waals surface area contributed by atoms with E-state index in [1.54, 1.807) is 41.8 Å². The molecule has 31 heavy (non-hydrogen) atoms. The summed E-state index contributed by atoms with van der Waals surface area (Å²) in [4.78, 5) is 15.6. The Morgan fingerprint density at radius 2 is 1.90 bits per heavy atom. The van der Waals surface area contributed by atoms with Crippen LogP contribution in [0, 0.1) is 0 Å². The first kappa shape index (κ1) is 20.8. The van der Waals surface area contributed by atoms with Crippen LogP contribution in [0.3, 0.4) is 0 Å². The maximum atomic E-state index is 12.8. The maximum absolute atomic E-state index is 12.8. The van der Waals surface area contributed by atoms with E-state index in [0.29, 0.717) is 27.0 Å². The van der Waals surface area contributed by atoms with Gasteiger partial charge in [-0.1, -0.05) is 36.4 Å². The normalized spacial score (nSPS) is 11.5. The van der Waals surface area contributed by atoms with Gasteiger partial charge in [-0.3, -0.25) is 0 Å². The molecule has 3 N–H and O–H groups in total. The van der Waals surface area contributed by atoms with E-state index in [4.69, 9.17) is 10.5 Å². The molecule has 2 aromatic heterocycles. The van der Waals surface area contributed by atoms with E-state index in [9.17, 15) is 18.3 Å². The number of thiophene rings is 1. The summed E-state index contributed by atoms with van der Waals surface area (Å²) >= 11 is 1.25. The Labute approximate surface area is 182 Å². The minimum absolute atomic E-state index is 0.0782. The number of hydrogen-bond donors (Lipinski definition) is 2. The summed E-state index contributed by atoms with van der Waals surface area (Å²) in [6, 6.07) is 15.3. The molecule has 158 valence electrons. The summed E-state index contributed by atoms with van der Waals surface area (Å²) in [6.45, 7) is 0.0944. The zero-order valence-electron chi connectivity index (χ0n) is 16.2. The number of carbonyl (C=O) groups is 1. The van der Waals surface area contributed by atoms with E-state index < -0.39 is 15.8 Å². The number of aromatic nitrogens is 1. The van der Waals surface area contributed by atoms with Crippen LogP contribution in [0.15, 0.2) is 71.1 Å². The smallest absolute Gasteiger partial charge is 0.338 e. The molecule has 0 saturated carbocycles. The van der Waals surface area contributed by atoms with Crippen LogP contribution in [0.25, 0.3) is 10.1 Å². The standard InChI is InChI=1S/C22H18N2O5S2/c23-21-19-15(12-30-20(19)18(10-24-21)22(25)26)11-29-16-7-4-8-17(9-16)31(27,28)13-14-5-2-1-3-6-14/h1-10,12H,11,13H2,(H2,23,24)(H,25,26). The Bertz CT molecular complexity index is 1370. The Kier molecular flexibility index (Phi) is 5.62. The molecular formula is C22H18N2O5S2. The van der Waals surface area contributed by atoms with E-state index in [1.165, 1.54) is 29.7 Å². The predicted octanol–water partition coefficient (Wildman–Crippen LogP) is 4.13. The van der Waals surface area contributed by atoms with Crippen LogP contribution in [-0.2, 0) is 22.2 Å². The predicted molar refractivity (Wildman–Crippen MR) is 119 cm³/mol. The van der Waals surface area contributed by atoms with Crippen molar-refractivity contribution >= 4 is 43.0 Å². The quantitative estimate of drug-likeness (QED) is 0.431. The highest BCUT2D eigenvalue weighted by molar-refractivity contribution is 7.90. The van der Waals surface area contributed by atoms with Crippen LogP contribution in [0.2, 0.25) is 0 Å². The molecule has 2 heterocycles. The van der Waals surface area contributed by atoms with Crippen LogP contribution in [-0.4, -0.2) is 24.5 Å². The Hall–Kier alpha value is -3.43. The average molecular weight is 455 g/mol. The Morgan fingerprint density at radius 3 is 2.65 bits per heavy atom. The number of aromatic carboxylic acids is 1. The van der Waals surface area contributed by atoms with E-state index in [1.807, 2.05) is 6.07 Å². The number of rotatable bonds is 7. The van der Waals surface area contributed by atoms with Crippen molar-refractivity contribution in [1.82, 2.24) is 4.98 Å². The van der Waals surface area contributed by atoms with Gasteiger partial charge < -0.3 is 15.6 Å². The first-order chi connectivity index (χ1) is 14.8. The number of ether oxygens (including phenoxy) is 1. The van der Waals surface area contributed by atoms with Gasteiger partial charge in [-0.05, 0) is 29.1 Å². The van der Waals surface area contributed by atoms with Gasteiger partial charge in [0.05, 0.1) is 20.9 Å². The highest BCUT2D eigenvalue weighted by atomic mass is 32.2. The summed E-state index contributed by atoms with van der Waals surface area (Å²) in [5.41, 5.74) is 7.43. The van der Waals surface area contributed by atoms with Crippen LogP contribution >= 0.6 is 11.3 Å². The van der Waals surface area contributed by atoms with Crippen molar-refractivity contribution in [1.29, 1.82) is 0 Å². The molecule has 0 unspecified atom stereocenters. The number of fused-ring (bicyclic) bond motifs is 1. The van der Waals surface area contributed by atoms with Crippen molar-refractivity contribution in [3.63, 3.8) is 0 Å². The van der Waals surface area contributed by atoms with Crippen LogP contribution in [0.1, 0.15) is 21.5 Å². The maximum Gasteiger partial charge on any atom is 0.338 e. The number of anilines is 1. The molecule has 0 aliphatic carbocycles. The van der Waals surface area contributed by atoms with Crippen molar-refractivity contribution in [2.24, 2.45) is 0 Å². The Balaban J connectivity index is 1.57. The second kappa shape index (κ2) is 8.37. The van der Waals surface area contributed by atoms with Gasteiger partial charge in [0.25, 0.3) is 0 Å². The number of sulfone groups is 1. The third-order valence-electron chi connectivity index (χ3n) is 4.69. The minimum atomic E-state index is -3.54. The molecule has 0 atom stereocenters. The summed E-state index contributed by atoms with van der Waals surface area (Å²) in [5, 5.41) is 11.6. The van der Waals surface area contributed by atoms with Crippen LogP contribution in [0.4, 0.5) is 5.82 Å². The average Bonchev–Trinajstić information content (AvgIpc) is 3.18. The van der Waals surface area contributed by atoms with Gasteiger partial charge in [-0.15, -0.1) is 11.3 Å². The van der Waals surface area contributed by atoms with Gasteiger partial charge in [0.1, 0.15) is 18.2 Å². The van der Waals surface area contributed by atoms with E-state index >= 15 is 0 Å². The zero-order chi connectivity index (χ0) is 22.0. The lowest BCUT2D eigenvalue weighted by Gasteiger charge is -2.09. The second-order valence-electron chi connectivity index (χ2n) is 6.84. The monoisotopic (exact) mass is 454 g/mol. The first-order valence-electron chi connectivity index (χ1n) is 9.22. The lowest BCUT2D eigenvalue weighted by atomic mass is 10.1. The molecular weight excluding hydrogens is 436 g/mol. The largest absolute Gasteiger partial charge is 0.489 e. The number of carboxylic acids is 1. The molecule has 2 aromatic carbocycles. The molecule has 4 aromatic rings. The summed E-state index contributed by atoms with van der Waals surface area (Å²) in [6.07, 6.45) is 1.24. The van der Waals surface area contributed by atoms with Crippen molar-refractivity contribution in [3.05, 3.63) is 82.9 Å². The number of hydrogen-bond acceptors (Lipinski definition) is 7. The molecule has 0 aliphatic rings. The summed E-state index contributed by atoms with van der Waals surface area (Å²) < 4.78 is 31.9. The number of nitrogens with two attached hydrogens (primary N) is 1. The number of nitrogen functional groups attached to an aromatic ring is 1. The van der Waals surface area contributed by atoms with Crippen molar-refractivity contribution in [2.75, 3.05) is 5.73 Å². The molecule has 0 spiro atoms.